The molecule has 1 fully saturated rings. The van der Waals surface area contributed by atoms with Crippen LogP contribution in [-0.4, -0.2) is 38.8 Å². The molecule has 0 saturated heterocycles. The highest BCUT2D eigenvalue weighted by atomic mass is 32.2. The Labute approximate surface area is 123 Å². The second-order valence-corrected chi connectivity index (χ2v) is 8.21. The lowest BCUT2D eigenvalue weighted by Crippen LogP contribution is -2.18. The molecule has 0 aromatic carbocycles. The van der Waals surface area contributed by atoms with E-state index >= 15 is 0 Å². The number of ether oxygens (including phenoxy) is 1. The minimum absolute atomic E-state index is 0.0269. The van der Waals surface area contributed by atoms with Crippen molar-refractivity contribution >= 4 is 32.2 Å². The zero-order valence-electron chi connectivity index (χ0n) is 11.8. The summed E-state index contributed by atoms with van der Waals surface area (Å²) in [5, 5.41) is 3.79. The molecule has 0 aliphatic heterocycles. The van der Waals surface area contributed by atoms with E-state index < -0.39 is 9.84 Å². The van der Waals surface area contributed by atoms with Crippen molar-refractivity contribution in [2.45, 2.75) is 31.1 Å². The number of nitrogens with two attached hydrogens (primary N) is 1. The molecule has 1 aliphatic carbocycles. The second-order valence-electron chi connectivity index (χ2n) is 5.23. The van der Waals surface area contributed by atoms with Crippen LogP contribution in [0.5, 0.6) is 0 Å². The smallest absolute Gasteiger partial charge is 0.184 e. The molecule has 0 bridgehead atoms. The summed E-state index contributed by atoms with van der Waals surface area (Å²) in [6, 6.07) is 0. The van der Waals surface area contributed by atoms with Gasteiger partial charge in [-0.2, -0.15) is 4.37 Å². The molecule has 0 spiro atoms. The number of methoxy groups -OCH3 is 1. The van der Waals surface area contributed by atoms with Crippen molar-refractivity contribution in [1.82, 2.24) is 4.37 Å². The lowest BCUT2D eigenvalue weighted by molar-refractivity contribution is 0.175. The molecule has 0 atom stereocenters. The van der Waals surface area contributed by atoms with Gasteiger partial charge in [0.05, 0.1) is 5.75 Å². The van der Waals surface area contributed by atoms with Gasteiger partial charge in [0.1, 0.15) is 9.90 Å². The number of hydrogen-bond acceptors (Lipinski definition) is 7. The quantitative estimate of drug-likeness (QED) is 0.758. The van der Waals surface area contributed by atoms with E-state index in [0.29, 0.717) is 5.00 Å². The van der Waals surface area contributed by atoms with Crippen LogP contribution in [0.25, 0.3) is 0 Å². The summed E-state index contributed by atoms with van der Waals surface area (Å²) in [5.74, 6) is 0.125. The Morgan fingerprint density at radius 2 is 2.20 bits per heavy atom. The van der Waals surface area contributed by atoms with Crippen molar-refractivity contribution in [3.05, 3.63) is 0 Å². The molecular formula is C12H21N3O3S2. The molecule has 1 aromatic heterocycles. The van der Waals surface area contributed by atoms with E-state index in [1.165, 1.54) is 0 Å². The van der Waals surface area contributed by atoms with Gasteiger partial charge in [0.15, 0.2) is 15.7 Å². The third-order valence-electron chi connectivity index (χ3n) is 3.78. The zero-order valence-corrected chi connectivity index (χ0v) is 13.4. The topological polar surface area (TPSA) is 94.3 Å². The van der Waals surface area contributed by atoms with Crippen molar-refractivity contribution in [3.63, 3.8) is 0 Å². The maximum atomic E-state index is 12.0. The molecular weight excluding hydrogens is 298 g/mol. The van der Waals surface area contributed by atoms with Gasteiger partial charge in [-0.1, -0.05) is 6.92 Å². The van der Waals surface area contributed by atoms with Gasteiger partial charge >= 0.3 is 0 Å². The molecule has 2 rings (SSSR count). The molecule has 1 aliphatic rings. The summed E-state index contributed by atoms with van der Waals surface area (Å²) in [5.41, 5.74) is 5.94. The summed E-state index contributed by atoms with van der Waals surface area (Å²) >= 11 is 1.11. The highest BCUT2D eigenvalue weighted by Gasteiger charge is 2.42. The van der Waals surface area contributed by atoms with Crippen LogP contribution in [0, 0.1) is 5.41 Å². The second kappa shape index (κ2) is 5.87. The molecule has 20 heavy (non-hydrogen) atoms. The maximum Gasteiger partial charge on any atom is 0.184 e. The van der Waals surface area contributed by atoms with Crippen molar-refractivity contribution in [3.8, 4) is 0 Å². The Morgan fingerprint density at radius 3 is 2.75 bits per heavy atom. The number of aromatic nitrogens is 1. The average Bonchev–Trinajstić information content (AvgIpc) is 3.10. The van der Waals surface area contributed by atoms with Crippen molar-refractivity contribution in [2.24, 2.45) is 5.41 Å². The summed E-state index contributed by atoms with van der Waals surface area (Å²) in [4.78, 5) is 0.160. The molecule has 0 unspecified atom stereocenters. The van der Waals surface area contributed by atoms with Crippen LogP contribution >= 0.6 is 11.5 Å². The molecule has 1 heterocycles. The van der Waals surface area contributed by atoms with Gasteiger partial charge in [-0.3, -0.25) is 0 Å². The fraction of sp³-hybridized carbons (Fsp3) is 0.750. The van der Waals surface area contributed by atoms with E-state index in [2.05, 4.69) is 9.69 Å². The summed E-state index contributed by atoms with van der Waals surface area (Å²) < 4.78 is 33.2. The number of rotatable bonds is 8. The normalized spacial score (nSPS) is 17.1. The van der Waals surface area contributed by atoms with Gasteiger partial charge in [0.2, 0.25) is 0 Å². The van der Waals surface area contributed by atoms with E-state index in [4.69, 9.17) is 10.5 Å². The van der Waals surface area contributed by atoms with Crippen LogP contribution in [0.3, 0.4) is 0 Å². The van der Waals surface area contributed by atoms with Gasteiger partial charge < -0.3 is 15.8 Å². The lowest BCUT2D eigenvalue weighted by Gasteiger charge is -2.16. The number of nitrogen functional groups attached to an aromatic ring is 1. The largest absolute Gasteiger partial charge is 0.385 e. The fourth-order valence-corrected chi connectivity index (χ4v) is 4.29. The molecule has 114 valence electrons. The van der Waals surface area contributed by atoms with Crippen molar-refractivity contribution in [2.75, 3.05) is 37.1 Å². The lowest BCUT2D eigenvalue weighted by atomic mass is 10.0. The highest BCUT2D eigenvalue weighted by Crippen LogP contribution is 2.49. The van der Waals surface area contributed by atoms with Crippen LogP contribution in [-0.2, 0) is 14.6 Å². The van der Waals surface area contributed by atoms with Crippen molar-refractivity contribution in [1.29, 1.82) is 0 Å². The minimum atomic E-state index is -3.34. The molecule has 1 saturated carbocycles. The number of nitrogens with one attached hydrogen (secondary N) is 1. The van der Waals surface area contributed by atoms with Gasteiger partial charge in [0, 0.05) is 20.3 Å². The molecule has 3 N–H and O–H groups in total. The fourth-order valence-electron chi connectivity index (χ4n) is 2.13. The van der Waals surface area contributed by atoms with E-state index in [-0.39, 0.29) is 21.9 Å². The van der Waals surface area contributed by atoms with Crippen LogP contribution in [0.1, 0.15) is 26.2 Å². The van der Waals surface area contributed by atoms with Gasteiger partial charge in [-0.25, -0.2) is 8.42 Å². The number of anilines is 2. The first kappa shape index (κ1) is 15.5. The van der Waals surface area contributed by atoms with E-state index in [1.807, 2.05) is 0 Å². The van der Waals surface area contributed by atoms with Crippen LogP contribution in [0.2, 0.25) is 0 Å². The third-order valence-corrected chi connectivity index (χ3v) is 6.53. The van der Waals surface area contributed by atoms with E-state index in [1.54, 1.807) is 14.0 Å². The summed E-state index contributed by atoms with van der Waals surface area (Å²) in [6.07, 6.45) is 3.28. The Kier molecular flexibility index (Phi) is 4.55. The van der Waals surface area contributed by atoms with Gasteiger partial charge in [-0.05, 0) is 36.2 Å². The molecule has 6 nitrogen and oxygen atoms in total. The Bertz CT molecular complexity index is 565. The molecule has 8 heteroatoms. The predicted octanol–water partition coefficient (Wildman–Crippen LogP) is 1.75. The summed E-state index contributed by atoms with van der Waals surface area (Å²) in [7, 11) is -1.65. The number of sulfone groups is 1. The number of hydrogen-bond donors (Lipinski definition) is 2. The van der Waals surface area contributed by atoms with Crippen LogP contribution in [0.4, 0.5) is 10.8 Å². The van der Waals surface area contributed by atoms with Crippen molar-refractivity contribution < 1.29 is 13.2 Å². The molecule has 0 radical (unpaired) electrons. The Balaban J connectivity index is 2.08. The standard InChI is InChI=1S/C12H21N3O3S2/c1-3-20(16,17)9-10(13)15-19-11(9)14-8-12(4-5-12)6-7-18-2/h14H,3-8H2,1-2H3,(H2,13,15). The van der Waals surface area contributed by atoms with Gasteiger partial charge in [0.25, 0.3) is 0 Å². The number of nitrogens with zero attached hydrogens (tertiary/aromatic N) is 1. The molecule has 1 aromatic rings. The first-order valence-electron chi connectivity index (χ1n) is 6.65. The first-order valence-corrected chi connectivity index (χ1v) is 9.07. The Hall–Kier alpha value is -0.860. The third kappa shape index (κ3) is 3.24. The minimum Gasteiger partial charge on any atom is -0.385 e. The zero-order chi connectivity index (χ0) is 14.8. The monoisotopic (exact) mass is 319 g/mol. The highest BCUT2D eigenvalue weighted by molar-refractivity contribution is 7.91. The predicted molar refractivity (Wildman–Crippen MR) is 80.9 cm³/mol. The van der Waals surface area contributed by atoms with Crippen LogP contribution < -0.4 is 11.1 Å². The van der Waals surface area contributed by atoms with Gasteiger partial charge in [-0.15, -0.1) is 0 Å². The first-order chi connectivity index (χ1) is 9.44. The molecule has 0 amide bonds. The van der Waals surface area contributed by atoms with Crippen LogP contribution in [0.15, 0.2) is 4.90 Å². The maximum absolute atomic E-state index is 12.0. The SMILES string of the molecule is CCS(=O)(=O)c1c(N)nsc1NCC1(CCOC)CC1. The summed E-state index contributed by atoms with van der Waals surface area (Å²) in [6.45, 7) is 3.08. The van der Waals surface area contributed by atoms with E-state index in [9.17, 15) is 8.42 Å². The van der Waals surface area contributed by atoms with E-state index in [0.717, 1.165) is 43.9 Å². The average molecular weight is 319 g/mol. The Morgan fingerprint density at radius 1 is 1.50 bits per heavy atom.